The minimum atomic E-state index is -0.304. The zero-order valence-electron chi connectivity index (χ0n) is 14.3. The normalized spacial score (nSPS) is 31.3. The standard InChI is InChI=1S/C20H32O/c1-14-7-6-8-15(2)13-18(21)19-16(3)10-12-17(11-9-14)20(19,4)5/h8,17-18,21H,1,6-7,9-13H2,2-5H3. The second-order valence-electron chi connectivity index (χ2n) is 7.75. The summed E-state index contributed by atoms with van der Waals surface area (Å²) in [7, 11) is 0. The van der Waals surface area contributed by atoms with Crippen molar-refractivity contribution in [2.24, 2.45) is 11.3 Å². The Hall–Kier alpha value is -0.820. The van der Waals surface area contributed by atoms with E-state index in [1.165, 1.54) is 35.1 Å². The molecule has 0 aromatic rings. The lowest BCUT2D eigenvalue weighted by molar-refractivity contribution is 0.130. The van der Waals surface area contributed by atoms with E-state index in [1.54, 1.807) is 0 Å². The first-order valence-corrected chi connectivity index (χ1v) is 8.52. The molecule has 2 bridgehead atoms. The van der Waals surface area contributed by atoms with Crippen LogP contribution < -0.4 is 0 Å². The minimum absolute atomic E-state index is 0.113. The maximum Gasteiger partial charge on any atom is 0.0794 e. The van der Waals surface area contributed by atoms with E-state index in [0.29, 0.717) is 5.92 Å². The summed E-state index contributed by atoms with van der Waals surface area (Å²) in [5, 5.41) is 10.8. The van der Waals surface area contributed by atoms with Crippen LogP contribution in [0, 0.1) is 11.3 Å². The smallest absolute Gasteiger partial charge is 0.0794 e. The van der Waals surface area contributed by atoms with Gasteiger partial charge in [-0.15, -0.1) is 0 Å². The number of aliphatic hydroxyl groups excluding tert-OH is 1. The van der Waals surface area contributed by atoms with Crippen molar-refractivity contribution >= 4 is 0 Å². The van der Waals surface area contributed by atoms with Crippen LogP contribution in [0.5, 0.6) is 0 Å². The predicted molar refractivity (Wildman–Crippen MR) is 91.2 cm³/mol. The monoisotopic (exact) mass is 288 g/mol. The van der Waals surface area contributed by atoms with Gasteiger partial charge in [-0.25, -0.2) is 0 Å². The van der Waals surface area contributed by atoms with Crippen molar-refractivity contribution in [3.63, 3.8) is 0 Å². The average molecular weight is 288 g/mol. The van der Waals surface area contributed by atoms with E-state index < -0.39 is 0 Å². The van der Waals surface area contributed by atoms with Crippen molar-refractivity contribution in [2.45, 2.75) is 78.7 Å². The van der Waals surface area contributed by atoms with E-state index in [1.807, 2.05) is 0 Å². The molecule has 2 unspecified atom stereocenters. The number of hydrogen-bond acceptors (Lipinski definition) is 1. The predicted octanol–water partition coefficient (Wildman–Crippen LogP) is 5.57. The van der Waals surface area contributed by atoms with Crippen molar-refractivity contribution in [1.29, 1.82) is 0 Å². The van der Waals surface area contributed by atoms with E-state index in [9.17, 15) is 5.11 Å². The second kappa shape index (κ2) is 6.52. The van der Waals surface area contributed by atoms with Gasteiger partial charge in [-0.1, -0.05) is 43.2 Å². The summed E-state index contributed by atoms with van der Waals surface area (Å²) >= 11 is 0. The van der Waals surface area contributed by atoms with Crippen LogP contribution in [0.25, 0.3) is 0 Å². The molecule has 0 amide bonds. The third kappa shape index (κ3) is 3.69. The van der Waals surface area contributed by atoms with Gasteiger partial charge < -0.3 is 5.11 Å². The molecule has 0 saturated carbocycles. The van der Waals surface area contributed by atoms with Crippen LogP contribution in [0.15, 0.2) is 34.9 Å². The van der Waals surface area contributed by atoms with E-state index in [2.05, 4.69) is 40.3 Å². The van der Waals surface area contributed by atoms with Crippen molar-refractivity contribution < 1.29 is 5.11 Å². The van der Waals surface area contributed by atoms with Gasteiger partial charge in [0.2, 0.25) is 0 Å². The summed E-state index contributed by atoms with van der Waals surface area (Å²) in [6.45, 7) is 13.3. The van der Waals surface area contributed by atoms with Crippen molar-refractivity contribution in [2.75, 3.05) is 0 Å². The molecule has 0 fully saturated rings. The molecule has 21 heavy (non-hydrogen) atoms. The quantitative estimate of drug-likeness (QED) is 0.578. The molecule has 2 aliphatic carbocycles. The number of fused-ring (bicyclic) bond motifs is 2. The molecule has 1 N–H and O–H groups in total. The first-order valence-electron chi connectivity index (χ1n) is 8.52. The maximum atomic E-state index is 10.8. The Balaban J connectivity index is 2.36. The van der Waals surface area contributed by atoms with Crippen molar-refractivity contribution in [1.82, 2.24) is 0 Å². The van der Waals surface area contributed by atoms with E-state index >= 15 is 0 Å². The average Bonchev–Trinajstić information content (AvgIpc) is 2.35. The van der Waals surface area contributed by atoms with Crippen molar-refractivity contribution in [3.8, 4) is 0 Å². The molecule has 0 heterocycles. The van der Waals surface area contributed by atoms with Gasteiger partial charge in [-0.2, -0.15) is 0 Å². The van der Waals surface area contributed by atoms with E-state index in [0.717, 1.165) is 32.1 Å². The minimum Gasteiger partial charge on any atom is -0.388 e. The van der Waals surface area contributed by atoms with Crippen LogP contribution in [-0.2, 0) is 0 Å². The van der Waals surface area contributed by atoms with Crippen LogP contribution in [0.4, 0.5) is 0 Å². The Bertz CT molecular complexity index is 464. The highest BCUT2D eigenvalue weighted by Crippen LogP contribution is 2.49. The fourth-order valence-electron chi connectivity index (χ4n) is 4.39. The molecule has 118 valence electrons. The first-order chi connectivity index (χ1) is 9.82. The summed E-state index contributed by atoms with van der Waals surface area (Å²) in [5.74, 6) is 0.673. The Morgan fingerprint density at radius 3 is 2.52 bits per heavy atom. The summed E-state index contributed by atoms with van der Waals surface area (Å²) in [5.41, 5.74) is 5.56. The van der Waals surface area contributed by atoms with Crippen molar-refractivity contribution in [3.05, 3.63) is 34.9 Å². The lowest BCUT2D eigenvalue weighted by Gasteiger charge is -2.44. The first kappa shape index (κ1) is 16.5. The highest BCUT2D eigenvalue weighted by molar-refractivity contribution is 5.29. The van der Waals surface area contributed by atoms with Gasteiger partial charge in [0.1, 0.15) is 0 Å². The number of aliphatic hydroxyl groups is 1. The summed E-state index contributed by atoms with van der Waals surface area (Å²) in [6.07, 6.45) is 9.72. The largest absolute Gasteiger partial charge is 0.388 e. The second-order valence-corrected chi connectivity index (χ2v) is 7.75. The van der Waals surface area contributed by atoms with Gasteiger partial charge >= 0.3 is 0 Å². The molecule has 1 heteroatoms. The topological polar surface area (TPSA) is 20.2 Å². The molecule has 0 spiro atoms. The molecule has 2 atom stereocenters. The van der Waals surface area contributed by atoms with Crippen LogP contribution in [0.2, 0.25) is 0 Å². The zero-order valence-corrected chi connectivity index (χ0v) is 14.3. The molecule has 0 saturated heterocycles. The Morgan fingerprint density at radius 1 is 1.14 bits per heavy atom. The number of hydrogen-bond donors (Lipinski definition) is 1. The maximum absolute atomic E-state index is 10.8. The third-order valence-electron chi connectivity index (χ3n) is 5.73. The molecule has 2 rings (SSSR count). The Morgan fingerprint density at radius 2 is 1.81 bits per heavy atom. The Labute approximate surface area is 130 Å². The Kier molecular flexibility index (Phi) is 5.14. The van der Waals surface area contributed by atoms with Gasteiger partial charge in [0.15, 0.2) is 0 Å². The highest BCUT2D eigenvalue weighted by Gasteiger charge is 2.39. The number of rotatable bonds is 0. The molecule has 0 aromatic heterocycles. The van der Waals surface area contributed by atoms with Gasteiger partial charge in [0.25, 0.3) is 0 Å². The highest BCUT2D eigenvalue weighted by atomic mass is 16.3. The summed E-state index contributed by atoms with van der Waals surface area (Å²) in [6, 6.07) is 0. The van der Waals surface area contributed by atoms with E-state index in [-0.39, 0.29) is 11.5 Å². The van der Waals surface area contributed by atoms with Gasteiger partial charge in [-0.05, 0) is 75.7 Å². The van der Waals surface area contributed by atoms with Crippen LogP contribution in [0.3, 0.4) is 0 Å². The SMILES string of the molecule is C=C1CCC=C(C)CC(O)C2=C(C)CCC(CC1)C2(C)C. The van der Waals surface area contributed by atoms with Crippen LogP contribution >= 0.6 is 0 Å². The molecule has 2 aliphatic rings. The molecule has 0 radical (unpaired) electrons. The van der Waals surface area contributed by atoms with Crippen LogP contribution in [-0.4, -0.2) is 11.2 Å². The molecular formula is C20H32O. The lowest BCUT2D eigenvalue weighted by atomic mass is 9.62. The molecule has 0 aromatic carbocycles. The lowest BCUT2D eigenvalue weighted by Crippen LogP contribution is -2.36. The van der Waals surface area contributed by atoms with E-state index in [4.69, 9.17) is 0 Å². The summed E-state index contributed by atoms with van der Waals surface area (Å²) in [4.78, 5) is 0. The van der Waals surface area contributed by atoms with Crippen LogP contribution in [0.1, 0.15) is 72.6 Å². The fourth-order valence-corrected chi connectivity index (χ4v) is 4.39. The van der Waals surface area contributed by atoms with Gasteiger partial charge in [0.05, 0.1) is 6.10 Å². The number of allylic oxidation sites excluding steroid dienone is 3. The third-order valence-corrected chi connectivity index (χ3v) is 5.73. The molecule has 0 aliphatic heterocycles. The van der Waals surface area contributed by atoms with Gasteiger partial charge in [-0.3, -0.25) is 0 Å². The zero-order chi connectivity index (χ0) is 15.6. The summed E-state index contributed by atoms with van der Waals surface area (Å²) < 4.78 is 0. The molecular weight excluding hydrogens is 256 g/mol. The molecule has 1 nitrogen and oxygen atoms in total. The van der Waals surface area contributed by atoms with Gasteiger partial charge in [0, 0.05) is 0 Å². The fraction of sp³-hybridized carbons (Fsp3) is 0.700.